The molecule has 1 saturated heterocycles. The predicted octanol–water partition coefficient (Wildman–Crippen LogP) is -0.160. The van der Waals surface area contributed by atoms with Crippen molar-refractivity contribution in [1.82, 2.24) is 24.0 Å². The zero-order valence-electron chi connectivity index (χ0n) is 18.9. The van der Waals surface area contributed by atoms with Crippen LogP contribution in [-0.4, -0.2) is 71.0 Å². The highest BCUT2D eigenvalue weighted by molar-refractivity contribution is 8.00. The summed E-state index contributed by atoms with van der Waals surface area (Å²) in [5.74, 6) is -2.08. The summed E-state index contributed by atoms with van der Waals surface area (Å²) in [4.78, 5) is 48.4. The smallest absolute Gasteiger partial charge is 0.352 e. The molecule has 0 aliphatic carbocycles. The Hall–Kier alpha value is -3.98. The van der Waals surface area contributed by atoms with Crippen LogP contribution in [0.1, 0.15) is 12.7 Å². The first kappa shape index (κ1) is 23.7. The second kappa shape index (κ2) is 9.58. The molecule has 0 spiro atoms. The topological polar surface area (TPSA) is 168 Å². The van der Waals surface area contributed by atoms with Crippen LogP contribution in [0.5, 0.6) is 0 Å². The molecule has 2 amide bonds. The van der Waals surface area contributed by atoms with Crippen LogP contribution in [0, 0.1) is 0 Å². The Labute approximate surface area is 212 Å². The van der Waals surface area contributed by atoms with Crippen LogP contribution in [0.25, 0.3) is 5.65 Å². The summed E-state index contributed by atoms with van der Waals surface area (Å²) in [6.45, 7) is 2.21. The number of fused-ring (bicyclic) bond motifs is 2. The number of carbonyl (C=O) groups excluding carboxylic acids is 2. The number of nitrogens with two attached hydrogens (primary N) is 1. The van der Waals surface area contributed by atoms with Gasteiger partial charge in [-0.1, -0.05) is 11.2 Å². The van der Waals surface area contributed by atoms with E-state index >= 15 is 0 Å². The highest BCUT2D eigenvalue weighted by atomic mass is 32.2. The molecular formula is C21H21N8O5S2+. The van der Waals surface area contributed by atoms with Gasteiger partial charge in [-0.3, -0.25) is 14.5 Å². The van der Waals surface area contributed by atoms with E-state index in [1.54, 1.807) is 6.92 Å². The van der Waals surface area contributed by atoms with Crippen molar-refractivity contribution < 1.29 is 28.9 Å². The number of amides is 2. The molecule has 3 aromatic heterocycles. The molecule has 2 aliphatic heterocycles. The lowest BCUT2D eigenvalue weighted by atomic mass is 10.0. The number of nitrogens with one attached hydrogen (secondary N) is 1. The molecule has 4 N–H and O–H groups in total. The van der Waals surface area contributed by atoms with Crippen molar-refractivity contribution in [1.29, 1.82) is 0 Å². The monoisotopic (exact) mass is 529 g/mol. The molecule has 5 rings (SSSR count). The fourth-order valence-electron chi connectivity index (χ4n) is 4.04. The summed E-state index contributed by atoms with van der Waals surface area (Å²) in [6, 6.07) is 4.78. The minimum atomic E-state index is -1.20. The second-order valence-electron chi connectivity index (χ2n) is 7.82. The molecule has 15 heteroatoms. The number of rotatable bonds is 8. The number of nitrogens with zero attached hydrogens (tertiary/aromatic N) is 6. The third kappa shape index (κ3) is 4.15. The molecule has 13 nitrogen and oxygen atoms in total. The Balaban J connectivity index is 1.37. The average molecular weight is 530 g/mol. The van der Waals surface area contributed by atoms with E-state index in [0.717, 1.165) is 17.2 Å². The number of carboxylic acid groups (broad SMARTS) is 1. The third-order valence-electron chi connectivity index (χ3n) is 5.62. The Morgan fingerprint density at radius 3 is 2.94 bits per heavy atom. The minimum Gasteiger partial charge on any atom is -0.477 e. The summed E-state index contributed by atoms with van der Waals surface area (Å²) in [5.41, 5.74) is 6.83. The van der Waals surface area contributed by atoms with Gasteiger partial charge >= 0.3 is 5.97 Å². The van der Waals surface area contributed by atoms with Crippen molar-refractivity contribution in [3.63, 3.8) is 0 Å². The maximum Gasteiger partial charge on any atom is 0.352 e. The van der Waals surface area contributed by atoms with Gasteiger partial charge in [-0.2, -0.15) is 9.36 Å². The molecule has 0 saturated carbocycles. The van der Waals surface area contributed by atoms with Gasteiger partial charge in [-0.25, -0.2) is 13.8 Å². The van der Waals surface area contributed by atoms with E-state index in [2.05, 4.69) is 19.8 Å². The lowest BCUT2D eigenvalue weighted by Gasteiger charge is -2.49. The highest BCUT2D eigenvalue weighted by Crippen LogP contribution is 2.40. The van der Waals surface area contributed by atoms with Gasteiger partial charge in [0.2, 0.25) is 11.5 Å². The number of hydrogen-bond acceptors (Lipinski definition) is 10. The fourth-order valence-corrected chi connectivity index (χ4v) is 5.81. The summed E-state index contributed by atoms with van der Waals surface area (Å²) in [7, 11) is 0. The summed E-state index contributed by atoms with van der Waals surface area (Å²) >= 11 is 2.27. The van der Waals surface area contributed by atoms with Gasteiger partial charge in [0.1, 0.15) is 42.7 Å². The number of carbonyl (C=O) groups is 3. The Kier molecular flexibility index (Phi) is 6.32. The number of carboxylic acids is 1. The number of thioether (sulfide) groups is 1. The van der Waals surface area contributed by atoms with Gasteiger partial charge in [0.25, 0.3) is 17.5 Å². The third-order valence-corrected chi connectivity index (χ3v) is 7.50. The molecule has 2 aliphatic rings. The molecule has 0 radical (unpaired) electrons. The molecule has 1 fully saturated rings. The number of pyridine rings is 1. The normalized spacial score (nSPS) is 19.8. The van der Waals surface area contributed by atoms with Crippen molar-refractivity contribution in [2.24, 2.45) is 5.16 Å². The molecular weight excluding hydrogens is 508 g/mol. The Morgan fingerprint density at radius 1 is 1.39 bits per heavy atom. The maximum atomic E-state index is 13.1. The van der Waals surface area contributed by atoms with Gasteiger partial charge in [0.05, 0.1) is 6.20 Å². The zero-order valence-corrected chi connectivity index (χ0v) is 20.5. The fraction of sp³-hybridized carbons (Fsp3) is 0.286. The van der Waals surface area contributed by atoms with Crippen LogP contribution < -0.4 is 15.6 Å². The van der Waals surface area contributed by atoms with Crippen LogP contribution >= 0.6 is 23.3 Å². The van der Waals surface area contributed by atoms with E-state index in [1.165, 1.54) is 16.7 Å². The standard InChI is InChI=1S/C21H20N8O5S2/c1-2-34-25-13(16-24-21(22)36-26-16)17(30)23-14-18(31)29-15(20(32)33)11(10-35-19(14)29)9-28-8-7-27-6-4-3-5-12(27)28/h3-8,14,19H,2,9-10H2,1H3,(H3-,22,23,24,26,30,32,33)/p+1/b25-13-/t14-,19+/m1/s1. The first-order valence-corrected chi connectivity index (χ1v) is 12.7. The number of aliphatic carboxylic acids is 1. The van der Waals surface area contributed by atoms with E-state index in [1.807, 2.05) is 45.8 Å². The molecule has 0 unspecified atom stereocenters. The molecule has 0 bridgehead atoms. The first-order valence-electron chi connectivity index (χ1n) is 10.8. The molecule has 2 atom stereocenters. The van der Waals surface area contributed by atoms with Gasteiger partial charge in [0.15, 0.2) is 5.13 Å². The molecule has 186 valence electrons. The Bertz CT molecular complexity index is 1430. The van der Waals surface area contributed by atoms with Gasteiger partial charge in [0, 0.05) is 28.9 Å². The number of imidazole rings is 1. The van der Waals surface area contributed by atoms with Gasteiger partial charge in [-0.05, 0) is 13.0 Å². The molecule has 5 heterocycles. The second-order valence-corrected chi connectivity index (χ2v) is 9.71. The lowest BCUT2D eigenvalue weighted by Crippen LogP contribution is -2.71. The largest absolute Gasteiger partial charge is 0.477 e. The van der Waals surface area contributed by atoms with E-state index in [0.29, 0.717) is 17.9 Å². The van der Waals surface area contributed by atoms with E-state index in [9.17, 15) is 19.5 Å². The van der Waals surface area contributed by atoms with E-state index in [4.69, 9.17) is 10.6 Å². The van der Waals surface area contributed by atoms with Crippen LogP contribution in [0.3, 0.4) is 0 Å². The predicted molar refractivity (Wildman–Crippen MR) is 130 cm³/mol. The van der Waals surface area contributed by atoms with Crippen molar-refractivity contribution in [2.45, 2.75) is 24.9 Å². The SMILES string of the molecule is CCO/N=C(\C(=O)N[C@@H]1C(=O)N2C(C(=O)O)=C(C[n+]3ccn4ccccc43)CS[C@@H]12)c1nsc(N)n1. The van der Waals surface area contributed by atoms with Crippen LogP contribution in [0.4, 0.5) is 5.13 Å². The van der Waals surface area contributed by atoms with Crippen LogP contribution in [0.2, 0.25) is 0 Å². The van der Waals surface area contributed by atoms with E-state index < -0.39 is 29.2 Å². The molecule has 36 heavy (non-hydrogen) atoms. The van der Waals surface area contributed by atoms with E-state index in [-0.39, 0.29) is 29.0 Å². The zero-order chi connectivity index (χ0) is 25.4. The summed E-state index contributed by atoms with van der Waals surface area (Å²) < 4.78 is 7.83. The lowest BCUT2D eigenvalue weighted by molar-refractivity contribution is -0.662. The summed E-state index contributed by atoms with van der Waals surface area (Å²) in [6.07, 6.45) is 5.63. The highest BCUT2D eigenvalue weighted by Gasteiger charge is 2.54. The number of β-lactam (4-membered cyclic amide) rings is 1. The van der Waals surface area contributed by atoms with Crippen molar-refractivity contribution in [2.75, 3.05) is 18.1 Å². The number of nitrogen functional groups attached to an aromatic ring is 1. The van der Waals surface area contributed by atoms with Gasteiger partial charge < -0.3 is 21.0 Å². The van der Waals surface area contributed by atoms with Crippen molar-refractivity contribution in [3.05, 3.63) is 53.9 Å². The maximum absolute atomic E-state index is 13.1. The minimum absolute atomic E-state index is 0.0198. The first-order chi connectivity index (χ1) is 17.4. The molecule has 3 aromatic rings. The van der Waals surface area contributed by atoms with Crippen LogP contribution in [-0.2, 0) is 25.8 Å². The number of anilines is 1. The number of oxime groups is 1. The van der Waals surface area contributed by atoms with Crippen molar-refractivity contribution in [3.8, 4) is 0 Å². The number of hydrogen-bond donors (Lipinski definition) is 3. The quantitative estimate of drug-likeness (QED) is 0.155. The summed E-state index contributed by atoms with van der Waals surface area (Å²) in [5, 5.41) is 15.9. The van der Waals surface area contributed by atoms with Crippen LogP contribution in [0.15, 0.2) is 53.2 Å². The van der Waals surface area contributed by atoms with Gasteiger partial charge in [-0.15, -0.1) is 11.8 Å². The Morgan fingerprint density at radius 2 is 2.22 bits per heavy atom. The van der Waals surface area contributed by atoms with Crippen molar-refractivity contribution >= 4 is 57.6 Å². The number of aromatic nitrogens is 4. The molecule has 0 aromatic carbocycles. The average Bonchev–Trinajstić information content (AvgIpc) is 3.48.